The van der Waals surface area contributed by atoms with Crippen molar-refractivity contribution in [3.8, 4) is 22.7 Å². The zero-order valence-corrected chi connectivity index (χ0v) is 18.4. The van der Waals surface area contributed by atoms with Crippen molar-refractivity contribution in [2.45, 2.75) is 38.8 Å². The minimum atomic E-state index is -0.0916. The summed E-state index contributed by atoms with van der Waals surface area (Å²) in [6, 6.07) is 18.2. The van der Waals surface area contributed by atoms with Gasteiger partial charge in [-0.25, -0.2) is 4.68 Å². The molecule has 6 heteroatoms. The zero-order chi connectivity index (χ0) is 21.8. The molecule has 2 aromatic carbocycles. The number of hydrogen-bond donors (Lipinski definition) is 1. The molecule has 0 spiro atoms. The highest BCUT2D eigenvalue weighted by molar-refractivity contribution is 6.00. The third-order valence-corrected chi connectivity index (χ3v) is 5.94. The van der Waals surface area contributed by atoms with Crippen molar-refractivity contribution in [2.24, 2.45) is 0 Å². The van der Waals surface area contributed by atoms with E-state index >= 15 is 0 Å². The quantitative estimate of drug-likeness (QED) is 0.653. The van der Waals surface area contributed by atoms with E-state index in [9.17, 15) is 4.79 Å². The number of benzene rings is 2. The van der Waals surface area contributed by atoms with Gasteiger partial charge in [0.25, 0.3) is 5.91 Å². The summed E-state index contributed by atoms with van der Waals surface area (Å²) in [5.41, 5.74) is 2.89. The van der Waals surface area contributed by atoms with Crippen LogP contribution in [-0.4, -0.2) is 52.9 Å². The average Bonchev–Trinajstić information content (AvgIpc) is 3.25. The number of ether oxygens (including phenoxy) is 1. The fraction of sp³-hybridized carbons (Fsp3) is 0.360. The molecule has 0 saturated carbocycles. The van der Waals surface area contributed by atoms with Gasteiger partial charge in [0.2, 0.25) is 0 Å². The van der Waals surface area contributed by atoms with E-state index < -0.39 is 0 Å². The maximum atomic E-state index is 13.3. The van der Waals surface area contributed by atoms with Crippen molar-refractivity contribution < 1.29 is 9.53 Å². The normalized spacial score (nSPS) is 15.2. The average molecular weight is 419 g/mol. The van der Waals surface area contributed by atoms with Crippen LogP contribution in [0, 0.1) is 0 Å². The van der Waals surface area contributed by atoms with Gasteiger partial charge in [-0.05, 0) is 51.0 Å². The minimum Gasteiger partial charge on any atom is -0.496 e. The van der Waals surface area contributed by atoms with Crippen LogP contribution in [-0.2, 0) is 0 Å². The Kier molecular flexibility index (Phi) is 6.37. The minimum absolute atomic E-state index is 0.0916. The Bertz CT molecular complexity index is 1020. The first-order valence-electron chi connectivity index (χ1n) is 10.9. The Morgan fingerprint density at radius 2 is 1.74 bits per heavy atom. The van der Waals surface area contributed by atoms with Gasteiger partial charge >= 0.3 is 0 Å². The molecule has 3 aromatic rings. The number of para-hydroxylation sites is 2. The van der Waals surface area contributed by atoms with Gasteiger partial charge in [0.05, 0.1) is 18.4 Å². The van der Waals surface area contributed by atoms with Crippen molar-refractivity contribution >= 4 is 5.91 Å². The van der Waals surface area contributed by atoms with Gasteiger partial charge in [0.1, 0.15) is 11.4 Å². The van der Waals surface area contributed by atoms with Gasteiger partial charge in [0.15, 0.2) is 0 Å². The van der Waals surface area contributed by atoms with Crippen LogP contribution in [0.5, 0.6) is 5.75 Å². The number of amides is 1. The first-order chi connectivity index (χ1) is 15.1. The third-order valence-electron chi connectivity index (χ3n) is 5.94. The van der Waals surface area contributed by atoms with Gasteiger partial charge in [-0.1, -0.05) is 30.3 Å². The highest BCUT2D eigenvalue weighted by Crippen LogP contribution is 2.32. The van der Waals surface area contributed by atoms with Crippen molar-refractivity contribution in [3.63, 3.8) is 0 Å². The number of rotatable bonds is 6. The van der Waals surface area contributed by atoms with E-state index in [4.69, 9.17) is 9.84 Å². The molecular weight excluding hydrogens is 388 g/mol. The summed E-state index contributed by atoms with van der Waals surface area (Å²) in [7, 11) is 1.63. The summed E-state index contributed by atoms with van der Waals surface area (Å²) in [6.45, 7) is 6.45. The van der Waals surface area contributed by atoms with Gasteiger partial charge in [-0.2, -0.15) is 5.10 Å². The summed E-state index contributed by atoms with van der Waals surface area (Å²) < 4.78 is 7.31. The predicted octanol–water partition coefficient (Wildman–Crippen LogP) is 4.15. The smallest absolute Gasteiger partial charge is 0.255 e. The third kappa shape index (κ3) is 4.64. The van der Waals surface area contributed by atoms with E-state index in [0.717, 1.165) is 37.2 Å². The van der Waals surface area contributed by atoms with E-state index in [2.05, 4.69) is 24.1 Å². The molecule has 6 nitrogen and oxygen atoms in total. The van der Waals surface area contributed by atoms with Crippen molar-refractivity contribution in [1.82, 2.24) is 20.0 Å². The second-order valence-corrected chi connectivity index (χ2v) is 8.25. The molecule has 1 aromatic heterocycles. The molecule has 4 rings (SSSR count). The number of hydrogen-bond acceptors (Lipinski definition) is 4. The number of likely N-dealkylation sites (tertiary alicyclic amines) is 1. The lowest BCUT2D eigenvalue weighted by molar-refractivity contribution is 0.0901. The first-order valence-corrected chi connectivity index (χ1v) is 10.9. The first kappa shape index (κ1) is 21.1. The maximum absolute atomic E-state index is 13.3. The van der Waals surface area contributed by atoms with Gasteiger partial charge in [-0.3, -0.25) is 4.79 Å². The standard InChI is InChI=1S/C25H30N4O2/c1-18(2)28-15-13-19(14-16-28)26-25(30)22-17-29(20-9-5-4-6-10-20)27-24(22)21-11-7-8-12-23(21)31-3/h4-12,17-19H,13-16H2,1-3H3,(H,26,30). The Morgan fingerprint density at radius 1 is 1.06 bits per heavy atom. The van der Waals surface area contributed by atoms with Gasteiger partial charge in [0, 0.05) is 36.9 Å². The van der Waals surface area contributed by atoms with Crippen molar-refractivity contribution in [2.75, 3.05) is 20.2 Å². The van der Waals surface area contributed by atoms with E-state index in [1.165, 1.54) is 0 Å². The molecule has 1 N–H and O–H groups in total. The predicted molar refractivity (Wildman–Crippen MR) is 123 cm³/mol. The number of nitrogens with one attached hydrogen (secondary N) is 1. The number of aromatic nitrogens is 2. The van der Waals surface area contributed by atoms with Gasteiger partial charge < -0.3 is 15.0 Å². The Hall–Kier alpha value is -3.12. The molecule has 1 fully saturated rings. The second-order valence-electron chi connectivity index (χ2n) is 8.25. The molecule has 1 amide bonds. The van der Waals surface area contributed by atoms with Crippen LogP contribution < -0.4 is 10.1 Å². The lowest BCUT2D eigenvalue weighted by atomic mass is 10.0. The van der Waals surface area contributed by atoms with Crippen LogP contribution in [0.15, 0.2) is 60.8 Å². The molecule has 1 saturated heterocycles. The fourth-order valence-corrected chi connectivity index (χ4v) is 4.12. The highest BCUT2D eigenvalue weighted by atomic mass is 16.5. The zero-order valence-electron chi connectivity index (χ0n) is 18.4. The molecule has 0 bridgehead atoms. The molecule has 0 atom stereocenters. The van der Waals surface area contributed by atoms with Gasteiger partial charge in [-0.15, -0.1) is 0 Å². The monoisotopic (exact) mass is 418 g/mol. The molecule has 0 unspecified atom stereocenters. The lowest BCUT2D eigenvalue weighted by Gasteiger charge is -2.34. The maximum Gasteiger partial charge on any atom is 0.255 e. The van der Waals surface area contributed by atoms with Crippen LogP contribution in [0.2, 0.25) is 0 Å². The highest BCUT2D eigenvalue weighted by Gasteiger charge is 2.26. The Labute approximate surface area is 183 Å². The summed E-state index contributed by atoms with van der Waals surface area (Å²) >= 11 is 0. The topological polar surface area (TPSA) is 59.4 Å². The Morgan fingerprint density at radius 3 is 2.42 bits per heavy atom. The number of carbonyl (C=O) groups is 1. The molecule has 1 aliphatic heterocycles. The fourth-order valence-electron chi connectivity index (χ4n) is 4.12. The Balaban J connectivity index is 1.64. The molecule has 162 valence electrons. The van der Waals surface area contributed by atoms with Crippen LogP contribution in [0.4, 0.5) is 0 Å². The number of methoxy groups -OCH3 is 1. The van der Waals surface area contributed by atoms with Crippen molar-refractivity contribution in [1.29, 1.82) is 0 Å². The number of carbonyl (C=O) groups excluding carboxylic acids is 1. The summed E-state index contributed by atoms with van der Waals surface area (Å²) in [6.07, 6.45) is 3.73. The van der Waals surface area contributed by atoms with Crippen LogP contribution >= 0.6 is 0 Å². The van der Waals surface area contributed by atoms with Crippen LogP contribution in [0.25, 0.3) is 16.9 Å². The number of nitrogens with zero attached hydrogens (tertiary/aromatic N) is 3. The van der Waals surface area contributed by atoms with E-state index in [1.54, 1.807) is 11.8 Å². The second kappa shape index (κ2) is 9.35. The summed E-state index contributed by atoms with van der Waals surface area (Å²) in [5, 5.41) is 8.02. The summed E-state index contributed by atoms with van der Waals surface area (Å²) in [4.78, 5) is 15.8. The lowest BCUT2D eigenvalue weighted by Crippen LogP contribution is -2.46. The molecule has 1 aliphatic rings. The van der Waals surface area contributed by atoms with E-state index in [0.29, 0.717) is 23.0 Å². The molecule has 0 radical (unpaired) electrons. The van der Waals surface area contributed by atoms with Crippen LogP contribution in [0.3, 0.4) is 0 Å². The molecule has 31 heavy (non-hydrogen) atoms. The van der Waals surface area contributed by atoms with E-state index in [1.807, 2.05) is 60.8 Å². The molecule has 2 heterocycles. The summed E-state index contributed by atoms with van der Waals surface area (Å²) in [5.74, 6) is 0.603. The van der Waals surface area contributed by atoms with Crippen molar-refractivity contribution in [3.05, 3.63) is 66.4 Å². The number of piperidine rings is 1. The molecule has 0 aliphatic carbocycles. The van der Waals surface area contributed by atoms with Crippen LogP contribution in [0.1, 0.15) is 37.0 Å². The van der Waals surface area contributed by atoms with E-state index in [-0.39, 0.29) is 11.9 Å². The largest absolute Gasteiger partial charge is 0.496 e. The SMILES string of the molecule is COc1ccccc1-c1nn(-c2ccccc2)cc1C(=O)NC1CCN(C(C)C)CC1. The molecular formula is C25H30N4O2.